The topological polar surface area (TPSA) is 15.8 Å². The number of H-pyrrole nitrogens is 1. The fourth-order valence-electron chi connectivity index (χ4n) is 2.66. The fourth-order valence-corrected chi connectivity index (χ4v) is 2.66. The Morgan fingerprint density at radius 1 is 0.714 bits per heavy atom. The summed E-state index contributed by atoms with van der Waals surface area (Å²) in [5.74, 6) is 0. The summed E-state index contributed by atoms with van der Waals surface area (Å²) in [4.78, 5) is 3.64. The van der Waals surface area contributed by atoms with Crippen LogP contribution < -0.4 is 0 Å². The third-order valence-corrected chi connectivity index (χ3v) is 3.74. The molecule has 0 aliphatic carbocycles. The van der Waals surface area contributed by atoms with Crippen molar-refractivity contribution in [3.63, 3.8) is 0 Å². The van der Waals surface area contributed by atoms with E-state index >= 15 is 0 Å². The highest BCUT2D eigenvalue weighted by molar-refractivity contribution is 5.75. The third-order valence-electron chi connectivity index (χ3n) is 3.74. The van der Waals surface area contributed by atoms with E-state index in [0.717, 1.165) is 0 Å². The van der Waals surface area contributed by atoms with Gasteiger partial charge in [-0.2, -0.15) is 0 Å². The Hall–Kier alpha value is -2.28. The zero-order chi connectivity index (χ0) is 14.9. The number of nitrogens with one attached hydrogen (secondary N) is 1. The average molecular weight is 275 g/mol. The van der Waals surface area contributed by atoms with Crippen molar-refractivity contribution in [1.29, 1.82) is 0 Å². The lowest BCUT2D eigenvalue weighted by Crippen LogP contribution is -2.13. The van der Waals surface area contributed by atoms with Gasteiger partial charge in [0, 0.05) is 22.4 Å². The normalized spacial score (nSPS) is 11.6. The molecule has 2 aromatic carbocycles. The van der Waals surface area contributed by atoms with E-state index in [-0.39, 0.29) is 5.41 Å². The molecule has 0 fully saturated rings. The van der Waals surface area contributed by atoms with Crippen molar-refractivity contribution in [3.8, 4) is 22.4 Å². The Kier molecular flexibility index (Phi) is 3.42. The van der Waals surface area contributed by atoms with Gasteiger partial charge in [0.05, 0.1) is 0 Å². The summed E-state index contributed by atoms with van der Waals surface area (Å²) in [5.41, 5.74) is 6.33. The standard InChI is InChI=1S/C20H21N/c1-20(2,3)19-17(15-10-6-4-7-11-15)14-18(21-19)16-12-8-5-9-13-16/h4-14,21H,1-3H3. The average Bonchev–Trinajstić information content (AvgIpc) is 2.94. The molecule has 0 atom stereocenters. The van der Waals surface area contributed by atoms with Crippen LogP contribution in [-0.4, -0.2) is 4.98 Å². The molecule has 0 saturated carbocycles. The molecule has 0 saturated heterocycles. The van der Waals surface area contributed by atoms with Crippen molar-refractivity contribution in [2.24, 2.45) is 0 Å². The van der Waals surface area contributed by atoms with Gasteiger partial charge >= 0.3 is 0 Å². The molecule has 0 aliphatic rings. The molecule has 0 radical (unpaired) electrons. The van der Waals surface area contributed by atoms with Gasteiger partial charge in [-0.25, -0.2) is 0 Å². The van der Waals surface area contributed by atoms with Gasteiger partial charge < -0.3 is 4.98 Å². The van der Waals surface area contributed by atoms with Crippen LogP contribution in [0.15, 0.2) is 66.7 Å². The predicted octanol–water partition coefficient (Wildman–Crippen LogP) is 5.65. The quantitative estimate of drug-likeness (QED) is 0.622. The van der Waals surface area contributed by atoms with Crippen LogP contribution >= 0.6 is 0 Å². The molecule has 1 N–H and O–H groups in total. The third kappa shape index (κ3) is 2.78. The monoisotopic (exact) mass is 275 g/mol. The van der Waals surface area contributed by atoms with E-state index < -0.39 is 0 Å². The Bertz CT molecular complexity index is 716. The van der Waals surface area contributed by atoms with E-state index in [1.807, 2.05) is 0 Å². The lowest BCUT2D eigenvalue weighted by Gasteiger charge is -2.19. The van der Waals surface area contributed by atoms with Gasteiger partial charge in [-0.15, -0.1) is 0 Å². The van der Waals surface area contributed by atoms with Gasteiger partial charge in [-0.1, -0.05) is 81.4 Å². The maximum atomic E-state index is 3.64. The van der Waals surface area contributed by atoms with Crippen LogP contribution in [0, 0.1) is 0 Å². The largest absolute Gasteiger partial charge is 0.357 e. The van der Waals surface area contributed by atoms with E-state index in [4.69, 9.17) is 0 Å². The van der Waals surface area contributed by atoms with Crippen molar-refractivity contribution in [2.75, 3.05) is 0 Å². The van der Waals surface area contributed by atoms with Gasteiger partial charge in [-0.3, -0.25) is 0 Å². The van der Waals surface area contributed by atoms with E-state index in [0.29, 0.717) is 0 Å². The molecular weight excluding hydrogens is 254 g/mol. The molecule has 0 aliphatic heterocycles. The van der Waals surface area contributed by atoms with Crippen molar-refractivity contribution in [3.05, 3.63) is 72.4 Å². The first-order valence-electron chi connectivity index (χ1n) is 7.40. The van der Waals surface area contributed by atoms with Gasteiger partial charge in [0.2, 0.25) is 0 Å². The molecular formula is C20H21N. The summed E-state index contributed by atoms with van der Waals surface area (Å²) >= 11 is 0. The molecule has 21 heavy (non-hydrogen) atoms. The smallest absolute Gasteiger partial charge is 0.0462 e. The first-order chi connectivity index (χ1) is 10.1. The van der Waals surface area contributed by atoms with E-state index in [1.165, 1.54) is 28.1 Å². The molecule has 1 aromatic heterocycles. The zero-order valence-electron chi connectivity index (χ0n) is 12.9. The SMILES string of the molecule is CC(C)(C)c1[nH]c(-c2ccccc2)cc1-c1ccccc1. The minimum atomic E-state index is 0.0816. The summed E-state index contributed by atoms with van der Waals surface area (Å²) in [6.07, 6.45) is 0. The second kappa shape index (κ2) is 5.25. The number of aromatic nitrogens is 1. The van der Waals surface area contributed by atoms with Crippen LogP contribution in [0.1, 0.15) is 26.5 Å². The minimum Gasteiger partial charge on any atom is -0.357 e. The Morgan fingerprint density at radius 2 is 1.24 bits per heavy atom. The maximum absolute atomic E-state index is 3.64. The fraction of sp³-hybridized carbons (Fsp3) is 0.200. The Morgan fingerprint density at radius 3 is 1.76 bits per heavy atom. The van der Waals surface area contributed by atoms with Gasteiger partial charge in [0.15, 0.2) is 0 Å². The molecule has 1 heterocycles. The Labute approximate surface area is 126 Å². The molecule has 3 rings (SSSR count). The van der Waals surface area contributed by atoms with Crippen molar-refractivity contribution < 1.29 is 0 Å². The second-order valence-electron chi connectivity index (χ2n) is 6.45. The molecule has 0 bridgehead atoms. The van der Waals surface area contributed by atoms with Crippen molar-refractivity contribution >= 4 is 0 Å². The zero-order valence-corrected chi connectivity index (χ0v) is 12.9. The molecule has 0 amide bonds. The lowest BCUT2D eigenvalue weighted by atomic mass is 9.87. The van der Waals surface area contributed by atoms with Crippen LogP contribution in [0.2, 0.25) is 0 Å². The minimum absolute atomic E-state index is 0.0816. The van der Waals surface area contributed by atoms with Crippen molar-refractivity contribution in [2.45, 2.75) is 26.2 Å². The molecule has 0 spiro atoms. The van der Waals surface area contributed by atoms with Crippen LogP contribution in [-0.2, 0) is 5.41 Å². The molecule has 3 aromatic rings. The Balaban J connectivity index is 2.17. The number of benzene rings is 2. The first kappa shape index (κ1) is 13.7. The summed E-state index contributed by atoms with van der Waals surface area (Å²) in [6.45, 7) is 6.75. The van der Waals surface area contributed by atoms with Crippen LogP contribution in [0.25, 0.3) is 22.4 Å². The number of hydrogen-bond donors (Lipinski definition) is 1. The maximum Gasteiger partial charge on any atom is 0.0462 e. The van der Waals surface area contributed by atoms with Crippen molar-refractivity contribution in [1.82, 2.24) is 4.98 Å². The molecule has 0 unspecified atom stereocenters. The number of aromatic amines is 1. The highest BCUT2D eigenvalue weighted by Gasteiger charge is 2.22. The second-order valence-corrected chi connectivity index (χ2v) is 6.45. The lowest BCUT2D eigenvalue weighted by molar-refractivity contribution is 0.575. The summed E-state index contributed by atoms with van der Waals surface area (Å²) < 4.78 is 0. The van der Waals surface area contributed by atoms with E-state index in [2.05, 4.69) is 92.5 Å². The van der Waals surface area contributed by atoms with Crippen LogP contribution in [0.3, 0.4) is 0 Å². The summed E-state index contributed by atoms with van der Waals surface area (Å²) in [6, 6.07) is 23.4. The summed E-state index contributed by atoms with van der Waals surface area (Å²) in [7, 11) is 0. The molecule has 1 nitrogen and oxygen atoms in total. The number of rotatable bonds is 2. The van der Waals surface area contributed by atoms with E-state index in [9.17, 15) is 0 Å². The van der Waals surface area contributed by atoms with E-state index in [1.54, 1.807) is 0 Å². The number of hydrogen-bond acceptors (Lipinski definition) is 0. The highest BCUT2D eigenvalue weighted by Crippen LogP contribution is 2.36. The highest BCUT2D eigenvalue weighted by atomic mass is 14.8. The van der Waals surface area contributed by atoms with Gasteiger partial charge in [0.25, 0.3) is 0 Å². The molecule has 106 valence electrons. The first-order valence-corrected chi connectivity index (χ1v) is 7.40. The molecule has 1 heteroatoms. The van der Waals surface area contributed by atoms with Gasteiger partial charge in [-0.05, 0) is 17.2 Å². The summed E-state index contributed by atoms with van der Waals surface area (Å²) in [5, 5.41) is 0. The predicted molar refractivity (Wildman–Crippen MR) is 90.4 cm³/mol. The van der Waals surface area contributed by atoms with Crippen LogP contribution in [0.5, 0.6) is 0 Å². The van der Waals surface area contributed by atoms with Crippen LogP contribution in [0.4, 0.5) is 0 Å². The van der Waals surface area contributed by atoms with Gasteiger partial charge in [0.1, 0.15) is 0 Å².